The second-order valence-electron chi connectivity index (χ2n) is 10.3. The Morgan fingerprint density at radius 3 is 2.21 bits per heavy atom. The lowest BCUT2D eigenvalue weighted by Gasteiger charge is -2.43. The first-order chi connectivity index (χ1) is 18.7. The summed E-state index contributed by atoms with van der Waals surface area (Å²) in [4.78, 5) is 2.39. The van der Waals surface area contributed by atoms with Crippen molar-refractivity contribution in [2.24, 2.45) is 0 Å². The number of para-hydroxylation sites is 2. The van der Waals surface area contributed by atoms with Crippen molar-refractivity contribution in [3.63, 3.8) is 0 Å². The highest BCUT2D eigenvalue weighted by molar-refractivity contribution is 5.86. The first-order valence-electron chi connectivity index (χ1n) is 13.3. The van der Waals surface area contributed by atoms with Crippen molar-refractivity contribution < 1.29 is 4.74 Å². The van der Waals surface area contributed by atoms with Gasteiger partial charge in [0.25, 0.3) is 0 Å². The van der Waals surface area contributed by atoms with Crippen LogP contribution in [0.4, 0.5) is 17.1 Å². The van der Waals surface area contributed by atoms with Crippen LogP contribution >= 0.6 is 0 Å². The Hall–Kier alpha value is -4.27. The highest BCUT2D eigenvalue weighted by Crippen LogP contribution is 2.58. The number of anilines is 3. The number of fused-ring (bicyclic) bond motifs is 2. The van der Waals surface area contributed by atoms with E-state index in [0.29, 0.717) is 6.61 Å². The number of hydrogen-bond acceptors (Lipinski definition) is 5. The zero-order valence-corrected chi connectivity index (χ0v) is 21.4. The Labute approximate surface area is 224 Å². The van der Waals surface area contributed by atoms with Crippen LogP contribution in [-0.4, -0.2) is 19.1 Å². The molecule has 0 aliphatic carbocycles. The van der Waals surface area contributed by atoms with Crippen molar-refractivity contribution in [3.05, 3.63) is 119 Å². The molecule has 4 aromatic rings. The van der Waals surface area contributed by atoms with Gasteiger partial charge in [0.15, 0.2) is 0 Å². The molecule has 2 aliphatic rings. The van der Waals surface area contributed by atoms with Crippen molar-refractivity contribution >= 4 is 17.1 Å². The van der Waals surface area contributed by atoms with Gasteiger partial charge in [-0.2, -0.15) is 5.26 Å². The van der Waals surface area contributed by atoms with Crippen LogP contribution in [0.25, 0.3) is 0 Å². The van der Waals surface area contributed by atoms with E-state index in [0.717, 1.165) is 71.9 Å². The van der Waals surface area contributed by atoms with E-state index in [1.807, 2.05) is 48.5 Å². The van der Waals surface area contributed by atoms with Gasteiger partial charge in [0.05, 0.1) is 28.7 Å². The maximum Gasteiger partial charge on any atom is 0.143 e. The van der Waals surface area contributed by atoms with Gasteiger partial charge >= 0.3 is 0 Å². The molecule has 0 aromatic heterocycles. The van der Waals surface area contributed by atoms with Crippen molar-refractivity contribution in [3.8, 4) is 11.8 Å². The fourth-order valence-electron chi connectivity index (χ4n) is 6.41. The zero-order valence-electron chi connectivity index (χ0n) is 21.4. The smallest absolute Gasteiger partial charge is 0.143 e. The second kappa shape index (κ2) is 10.2. The number of nitrogens with zero attached hydrogens (tertiary/aromatic N) is 2. The van der Waals surface area contributed by atoms with E-state index < -0.39 is 0 Å². The molecule has 3 N–H and O–H groups in total. The molecule has 0 radical (unpaired) electrons. The molecule has 6 rings (SSSR count). The number of nitrogens with one attached hydrogen (secondary N) is 1. The van der Waals surface area contributed by atoms with Crippen LogP contribution in [0.2, 0.25) is 0 Å². The number of piperidine rings is 1. The van der Waals surface area contributed by atoms with Gasteiger partial charge in [-0.25, -0.2) is 0 Å². The Balaban J connectivity index is 1.57. The molecule has 0 bridgehead atoms. The number of ether oxygens (including phenoxy) is 1. The van der Waals surface area contributed by atoms with Crippen molar-refractivity contribution in [2.45, 2.75) is 37.3 Å². The van der Waals surface area contributed by atoms with Gasteiger partial charge in [0.1, 0.15) is 12.4 Å². The third-order valence-electron chi connectivity index (χ3n) is 8.15. The van der Waals surface area contributed by atoms with Crippen molar-refractivity contribution in [1.82, 2.24) is 5.32 Å². The zero-order chi connectivity index (χ0) is 26.0. The predicted molar refractivity (Wildman–Crippen MR) is 153 cm³/mol. The summed E-state index contributed by atoms with van der Waals surface area (Å²) in [6, 6.07) is 35.5. The molecule has 1 atom stereocenters. The third-order valence-corrected chi connectivity index (χ3v) is 8.15. The van der Waals surface area contributed by atoms with E-state index >= 15 is 0 Å². The van der Waals surface area contributed by atoms with Gasteiger partial charge < -0.3 is 20.7 Å². The number of nitrogens with two attached hydrogens (primary N) is 1. The minimum absolute atomic E-state index is 0.0836. The number of nitrogen functional groups attached to an aromatic ring is 1. The topological polar surface area (TPSA) is 74.3 Å². The Kier molecular flexibility index (Phi) is 6.49. The van der Waals surface area contributed by atoms with E-state index in [-0.39, 0.29) is 11.5 Å². The van der Waals surface area contributed by atoms with Crippen LogP contribution in [-0.2, 0) is 18.4 Å². The maximum absolute atomic E-state index is 10.4. The average molecular weight is 501 g/mol. The summed E-state index contributed by atoms with van der Waals surface area (Å²) in [6.45, 7) is 2.26. The molecule has 2 aliphatic heterocycles. The van der Waals surface area contributed by atoms with Crippen LogP contribution < -0.4 is 20.7 Å². The van der Waals surface area contributed by atoms with Gasteiger partial charge in [-0.3, -0.25) is 0 Å². The van der Waals surface area contributed by atoms with Gasteiger partial charge in [0, 0.05) is 17.0 Å². The van der Waals surface area contributed by atoms with Crippen LogP contribution in [0.5, 0.6) is 5.75 Å². The second-order valence-corrected chi connectivity index (χ2v) is 10.3. The van der Waals surface area contributed by atoms with E-state index in [1.165, 1.54) is 5.56 Å². The molecule has 1 unspecified atom stereocenters. The summed E-state index contributed by atoms with van der Waals surface area (Å²) in [5.74, 6) is 0.791. The van der Waals surface area contributed by atoms with E-state index in [2.05, 4.69) is 64.8 Å². The highest BCUT2D eigenvalue weighted by atomic mass is 16.5. The first kappa shape index (κ1) is 24.1. The summed E-state index contributed by atoms with van der Waals surface area (Å²) in [7, 11) is 0. The SMILES string of the molecule is N#Cc1ccc(OCc2ccccc2)c2c1C1(CCNCC1)C(Cc1ccccc1)N2c1ccccc1N. The fourth-order valence-corrected chi connectivity index (χ4v) is 6.41. The number of benzene rings is 4. The summed E-state index contributed by atoms with van der Waals surface area (Å²) < 4.78 is 6.55. The van der Waals surface area contributed by atoms with Gasteiger partial charge in [-0.1, -0.05) is 72.8 Å². The highest BCUT2D eigenvalue weighted by Gasteiger charge is 2.54. The summed E-state index contributed by atoms with van der Waals surface area (Å²) in [5.41, 5.74) is 13.3. The van der Waals surface area contributed by atoms with E-state index in [9.17, 15) is 5.26 Å². The molecule has 1 saturated heterocycles. The molecule has 190 valence electrons. The lowest BCUT2D eigenvalue weighted by atomic mass is 9.67. The quantitative estimate of drug-likeness (QED) is 0.313. The molecular weight excluding hydrogens is 468 g/mol. The third kappa shape index (κ3) is 4.17. The minimum Gasteiger partial charge on any atom is -0.487 e. The first-order valence-corrected chi connectivity index (χ1v) is 13.3. The van der Waals surface area contributed by atoms with Crippen molar-refractivity contribution in [2.75, 3.05) is 23.7 Å². The Morgan fingerprint density at radius 2 is 1.53 bits per heavy atom. The van der Waals surface area contributed by atoms with Gasteiger partial charge in [-0.15, -0.1) is 0 Å². The fraction of sp³-hybridized carbons (Fsp3) is 0.242. The monoisotopic (exact) mass is 500 g/mol. The molecule has 5 heteroatoms. The lowest BCUT2D eigenvalue weighted by Crippen LogP contribution is -2.50. The van der Waals surface area contributed by atoms with Crippen LogP contribution in [0.3, 0.4) is 0 Å². The molecule has 1 fully saturated rings. The largest absolute Gasteiger partial charge is 0.487 e. The number of rotatable bonds is 6. The predicted octanol–water partition coefficient (Wildman–Crippen LogP) is 6.10. The van der Waals surface area contributed by atoms with E-state index in [1.54, 1.807) is 0 Å². The van der Waals surface area contributed by atoms with Crippen LogP contribution in [0.15, 0.2) is 97.1 Å². The molecule has 0 saturated carbocycles. The standard InChI is InChI=1S/C33H32N4O/c34-22-26-15-16-29(38-23-25-11-5-2-6-12-25)32-31(26)33(17-19-36-20-18-33)30(21-24-9-3-1-4-10-24)37(32)28-14-8-7-13-27(28)35/h1-16,30,36H,17-21,23,35H2. The summed E-state index contributed by atoms with van der Waals surface area (Å²) >= 11 is 0. The average Bonchev–Trinajstić information content (AvgIpc) is 3.23. The summed E-state index contributed by atoms with van der Waals surface area (Å²) in [6.07, 6.45) is 2.72. The summed E-state index contributed by atoms with van der Waals surface area (Å²) in [5, 5.41) is 13.9. The van der Waals surface area contributed by atoms with Gasteiger partial charge in [0.2, 0.25) is 0 Å². The lowest BCUT2D eigenvalue weighted by molar-refractivity contribution is 0.269. The number of nitriles is 1. The maximum atomic E-state index is 10.4. The molecule has 38 heavy (non-hydrogen) atoms. The minimum atomic E-state index is -0.212. The number of hydrogen-bond donors (Lipinski definition) is 2. The van der Waals surface area contributed by atoms with E-state index in [4.69, 9.17) is 10.5 Å². The van der Waals surface area contributed by atoms with Crippen molar-refractivity contribution in [1.29, 1.82) is 5.26 Å². The van der Waals surface area contributed by atoms with Gasteiger partial charge in [-0.05, 0) is 67.7 Å². The molecule has 5 nitrogen and oxygen atoms in total. The molecule has 1 spiro atoms. The van der Waals surface area contributed by atoms with Crippen LogP contribution in [0, 0.1) is 11.3 Å². The van der Waals surface area contributed by atoms with Crippen LogP contribution in [0.1, 0.15) is 35.1 Å². The molecule has 0 amide bonds. The Bertz CT molecular complexity index is 1460. The Morgan fingerprint density at radius 1 is 0.868 bits per heavy atom. The molecule has 2 heterocycles. The normalized spacial score (nSPS) is 17.7. The molecule has 4 aromatic carbocycles. The molecular formula is C33H32N4O.